The fraction of sp³-hybridized carbons (Fsp3) is 0.438. The molecule has 5 heteroatoms. The zero-order valence-corrected chi connectivity index (χ0v) is 12.2. The summed E-state index contributed by atoms with van der Waals surface area (Å²) in [6.45, 7) is 3.04. The molecule has 1 aliphatic rings. The molecule has 2 aromatic heterocycles. The first-order valence-electron chi connectivity index (χ1n) is 7.58. The maximum absolute atomic E-state index is 4.36. The van der Waals surface area contributed by atoms with Gasteiger partial charge in [0.05, 0.1) is 0 Å². The van der Waals surface area contributed by atoms with E-state index in [0.717, 1.165) is 37.6 Å². The van der Waals surface area contributed by atoms with Crippen molar-refractivity contribution < 1.29 is 0 Å². The normalized spacial score (nSPS) is 18.7. The van der Waals surface area contributed by atoms with E-state index < -0.39 is 0 Å². The number of piperidine rings is 1. The highest BCUT2D eigenvalue weighted by Crippen LogP contribution is 2.16. The monoisotopic (exact) mass is 283 g/mol. The van der Waals surface area contributed by atoms with Gasteiger partial charge >= 0.3 is 0 Å². The molecular weight excluding hydrogens is 262 g/mol. The Labute approximate surface area is 125 Å². The van der Waals surface area contributed by atoms with Crippen LogP contribution < -0.4 is 10.2 Å². The number of nitrogens with zero attached hydrogens (tertiary/aromatic N) is 4. The number of nitrogens with one attached hydrogen (secondary N) is 1. The van der Waals surface area contributed by atoms with E-state index in [-0.39, 0.29) is 0 Å². The van der Waals surface area contributed by atoms with Crippen LogP contribution in [0, 0.1) is 0 Å². The van der Waals surface area contributed by atoms with Crippen LogP contribution in [-0.2, 0) is 6.42 Å². The van der Waals surface area contributed by atoms with Gasteiger partial charge in [-0.3, -0.25) is 4.98 Å². The van der Waals surface area contributed by atoms with Crippen molar-refractivity contribution in [2.24, 2.45) is 0 Å². The molecule has 110 valence electrons. The summed E-state index contributed by atoms with van der Waals surface area (Å²) in [6, 6.07) is 10.6. The van der Waals surface area contributed by atoms with E-state index >= 15 is 0 Å². The summed E-state index contributed by atoms with van der Waals surface area (Å²) in [5.74, 6) is 0.980. The van der Waals surface area contributed by atoms with E-state index in [2.05, 4.69) is 31.5 Å². The second-order valence-corrected chi connectivity index (χ2v) is 5.39. The Morgan fingerprint density at radius 1 is 1.19 bits per heavy atom. The van der Waals surface area contributed by atoms with E-state index in [9.17, 15) is 0 Å². The second-order valence-electron chi connectivity index (χ2n) is 5.39. The lowest BCUT2D eigenvalue weighted by Gasteiger charge is -2.33. The Kier molecular flexibility index (Phi) is 4.74. The molecule has 1 saturated heterocycles. The summed E-state index contributed by atoms with van der Waals surface area (Å²) in [5, 5.41) is 11.8. The molecule has 5 nitrogen and oxygen atoms in total. The zero-order chi connectivity index (χ0) is 14.3. The molecule has 1 N–H and O–H groups in total. The average molecular weight is 283 g/mol. The van der Waals surface area contributed by atoms with Gasteiger partial charge in [0, 0.05) is 50.2 Å². The topological polar surface area (TPSA) is 53.9 Å². The Morgan fingerprint density at radius 2 is 2.19 bits per heavy atom. The van der Waals surface area contributed by atoms with Crippen LogP contribution in [0.1, 0.15) is 18.5 Å². The third-order valence-electron chi connectivity index (χ3n) is 3.84. The first-order valence-corrected chi connectivity index (χ1v) is 7.58. The van der Waals surface area contributed by atoms with E-state index in [1.165, 1.54) is 12.8 Å². The summed E-state index contributed by atoms with van der Waals surface area (Å²) < 4.78 is 0. The minimum absolute atomic E-state index is 0.518. The minimum atomic E-state index is 0.518. The van der Waals surface area contributed by atoms with Gasteiger partial charge in [-0.25, -0.2) is 0 Å². The molecular formula is C16H21N5. The molecule has 0 spiro atoms. The van der Waals surface area contributed by atoms with Crippen LogP contribution >= 0.6 is 0 Å². The second kappa shape index (κ2) is 7.13. The van der Waals surface area contributed by atoms with Crippen molar-refractivity contribution in [3.63, 3.8) is 0 Å². The predicted molar refractivity (Wildman–Crippen MR) is 83.2 cm³/mol. The first kappa shape index (κ1) is 13.9. The molecule has 0 aromatic carbocycles. The Balaban J connectivity index is 1.48. The summed E-state index contributed by atoms with van der Waals surface area (Å²) in [5.41, 5.74) is 1.14. The summed E-state index contributed by atoms with van der Waals surface area (Å²) in [6.07, 6.45) is 6.96. The molecule has 2 aromatic rings. The van der Waals surface area contributed by atoms with Gasteiger partial charge in [-0.2, -0.15) is 5.10 Å². The largest absolute Gasteiger partial charge is 0.354 e. The fourth-order valence-corrected chi connectivity index (χ4v) is 2.76. The van der Waals surface area contributed by atoms with Crippen molar-refractivity contribution in [1.82, 2.24) is 20.5 Å². The third kappa shape index (κ3) is 3.98. The van der Waals surface area contributed by atoms with Crippen molar-refractivity contribution in [3.05, 3.63) is 48.4 Å². The number of hydrogen-bond acceptors (Lipinski definition) is 5. The third-order valence-corrected chi connectivity index (χ3v) is 3.84. The molecule has 1 aliphatic heterocycles. The number of anilines is 1. The molecule has 1 fully saturated rings. The van der Waals surface area contributed by atoms with Gasteiger partial charge in [0.1, 0.15) is 0 Å². The van der Waals surface area contributed by atoms with Crippen LogP contribution in [0.25, 0.3) is 0 Å². The summed E-state index contributed by atoms with van der Waals surface area (Å²) in [7, 11) is 0. The van der Waals surface area contributed by atoms with E-state index in [1.807, 2.05) is 30.5 Å². The number of rotatable bonds is 5. The van der Waals surface area contributed by atoms with Crippen LogP contribution in [0.5, 0.6) is 0 Å². The van der Waals surface area contributed by atoms with E-state index in [4.69, 9.17) is 0 Å². The summed E-state index contributed by atoms with van der Waals surface area (Å²) in [4.78, 5) is 6.67. The van der Waals surface area contributed by atoms with E-state index in [1.54, 1.807) is 6.20 Å². The summed E-state index contributed by atoms with van der Waals surface area (Å²) >= 11 is 0. The number of pyridine rings is 1. The maximum Gasteiger partial charge on any atom is 0.151 e. The van der Waals surface area contributed by atoms with Crippen molar-refractivity contribution >= 4 is 5.82 Å². The van der Waals surface area contributed by atoms with Gasteiger partial charge < -0.3 is 10.2 Å². The Bertz CT molecular complexity index is 531. The smallest absolute Gasteiger partial charge is 0.151 e. The number of hydrogen-bond donors (Lipinski definition) is 1. The molecule has 3 rings (SSSR count). The predicted octanol–water partition coefficient (Wildman–Crippen LogP) is 1.67. The molecule has 0 radical (unpaired) electrons. The molecule has 0 unspecified atom stereocenters. The molecule has 0 saturated carbocycles. The van der Waals surface area contributed by atoms with Crippen molar-refractivity contribution in [3.8, 4) is 0 Å². The van der Waals surface area contributed by atoms with Crippen LogP contribution in [0.4, 0.5) is 5.82 Å². The highest BCUT2D eigenvalue weighted by atomic mass is 15.3. The lowest BCUT2D eigenvalue weighted by molar-refractivity contribution is 0.422. The van der Waals surface area contributed by atoms with Gasteiger partial charge in [-0.1, -0.05) is 6.07 Å². The van der Waals surface area contributed by atoms with Crippen molar-refractivity contribution in [1.29, 1.82) is 0 Å². The van der Waals surface area contributed by atoms with Crippen LogP contribution in [0.2, 0.25) is 0 Å². The van der Waals surface area contributed by atoms with Crippen LogP contribution in [0.3, 0.4) is 0 Å². The van der Waals surface area contributed by atoms with Gasteiger partial charge in [-0.15, -0.1) is 5.10 Å². The molecule has 0 amide bonds. The van der Waals surface area contributed by atoms with Crippen LogP contribution in [0.15, 0.2) is 42.7 Å². The highest BCUT2D eigenvalue weighted by molar-refractivity contribution is 5.37. The Hall–Kier alpha value is -2.01. The number of aromatic nitrogens is 3. The molecule has 1 atom stereocenters. The van der Waals surface area contributed by atoms with E-state index in [0.29, 0.717) is 6.04 Å². The standard InChI is InChI=1S/C16H21N5/c1-2-9-17-14(5-1)8-11-18-15-6-4-12-21(13-15)16-7-3-10-19-20-16/h1-3,5,7,9-10,15,18H,4,6,8,11-13H2/t15-/m0/s1. The minimum Gasteiger partial charge on any atom is -0.354 e. The van der Waals surface area contributed by atoms with Gasteiger partial charge in [0.2, 0.25) is 0 Å². The first-order chi connectivity index (χ1) is 10.4. The van der Waals surface area contributed by atoms with Crippen molar-refractivity contribution in [2.75, 3.05) is 24.5 Å². The average Bonchev–Trinajstić information content (AvgIpc) is 2.57. The van der Waals surface area contributed by atoms with Gasteiger partial charge in [-0.05, 0) is 37.1 Å². The molecule has 0 bridgehead atoms. The Morgan fingerprint density at radius 3 is 3.00 bits per heavy atom. The van der Waals surface area contributed by atoms with Gasteiger partial charge in [0.15, 0.2) is 5.82 Å². The zero-order valence-electron chi connectivity index (χ0n) is 12.2. The fourth-order valence-electron chi connectivity index (χ4n) is 2.76. The molecule has 3 heterocycles. The molecule has 0 aliphatic carbocycles. The van der Waals surface area contributed by atoms with Crippen LogP contribution in [-0.4, -0.2) is 40.9 Å². The molecule has 21 heavy (non-hydrogen) atoms. The lowest BCUT2D eigenvalue weighted by Crippen LogP contribution is -2.46. The lowest BCUT2D eigenvalue weighted by atomic mass is 10.1. The quantitative estimate of drug-likeness (QED) is 0.904. The maximum atomic E-state index is 4.36. The SMILES string of the molecule is c1ccc(CCN[C@H]2CCCN(c3cccnn3)C2)nc1. The van der Waals surface area contributed by atoms with Crippen molar-refractivity contribution in [2.45, 2.75) is 25.3 Å². The van der Waals surface area contributed by atoms with Gasteiger partial charge in [0.25, 0.3) is 0 Å². The highest BCUT2D eigenvalue weighted by Gasteiger charge is 2.20.